The zero-order valence-electron chi connectivity index (χ0n) is 9.08. The van der Waals surface area contributed by atoms with Crippen molar-refractivity contribution in [1.29, 1.82) is 0 Å². The lowest BCUT2D eigenvalue weighted by atomic mass is 9.99. The highest BCUT2D eigenvalue weighted by Crippen LogP contribution is 2.29. The first-order valence-corrected chi connectivity index (χ1v) is 5.74. The second-order valence-electron chi connectivity index (χ2n) is 4.81. The highest BCUT2D eigenvalue weighted by atomic mass is 15.1. The molecular weight excluding hydrogens is 174 g/mol. The van der Waals surface area contributed by atoms with Gasteiger partial charge in [-0.05, 0) is 45.2 Å². The minimum atomic E-state index is 0.635. The van der Waals surface area contributed by atoms with Crippen LogP contribution in [0, 0.1) is 11.8 Å². The Morgan fingerprint density at radius 2 is 2.21 bits per heavy atom. The normalized spacial score (nSPS) is 30.6. The molecule has 0 aromatic carbocycles. The van der Waals surface area contributed by atoms with Gasteiger partial charge in [-0.1, -0.05) is 0 Å². The zero-order chi connectivity index (χ0) is 9.97. The van der Waals surface area contributed by atoms with Crippen LogP contribution in [0.3, 0.4) is 0 Å². The summed E-state index contributed by atoms with van der Waals surface area (Å²) < 4.78 is 0. The first-order chi connectivity index (χ1) is 6.75. The van der Waals surface area contributed by atoms with Gasteiger partial charge in [-0.3, -0.25) is 4.99 Å². The summed E-state index contributed by atoms with van der Waals surface area (Å²) in [5.74, 6) is 2.29. The molecule has 0 aromatic rings. The van der Waals surface area contributed by atoms with Gasteiger partial charge in [0.05, 0.1) is 5.84 Å². The number of likely N-dealkylation sites (tertiary alicyclic amines) is 1. The average Bonchev–Trinajstić information content (AvgIpc) is 2.97. The fraction of sp³-hybridized carbons (Fsp3) is 0.909. The number of hydrogen-bond donors (Lipinski definition) is 1. The standard InChI is InChI=1S/C11H21N3/c1-14-6-2-3-9(8-14)7-13-11(12)10-4-5-10/h9-10H,2-8H2,1H3,(H2,12,13). The Bertz CT molecular complexity index is 221. The number of hydrogen-bond acceptors (Lipinski definition) is 2. The van der Waals surface area contributed by atoms with Gasteiger partial charge in [0.25, 0.3) is 0 Å². The van der Waals surface area contributed by atoms with E-state index in [9.17, 15) is 0 Å². The van der Waals surface area contributed by atoms with Crippen LogP contribution in [-0.2, 0) is 0 Å². The van der Waals surface area contributed by atoms with E-state index in [0.717, 1.165) is 18.3 Å². The lowest BCUT2D eigenvalue weighted by Crippen LogP contribution is -2.33. The van der Waals surface area contributed by atoms with E-state index in [4.69, 9.17) is 5.73 Å². The van der Waals surface area contributed by atoms with E-state index in [1.54, 1.807) is 0 Å². The molecule has 1 atom stereocenters. The lowest BCUT2D eigenvalue weighted by Gasteiger charge is -2.28. The molecule has 1 aliphatic heterocycles. The van der Waals surface area contributed by atoms with Crippen LogP contribution in [0.1, 0.15) is 25.7 Å². The lowest BCUT2D eigenvalue weighted by molar-refractivity contribution is 0.214. The quantitative estimate of drug-likeness (QED) is 0.541. The summed E-state index contributed by atoms with van der Waals surface area (Å²) in [7, 11) is 2.19. The van der Waals surface area contributed by atoms with Crippen molar-refractivity contribution >= 4 is 5.84 Å². The van der Waals surface area contributed by atoms with Crippen molar-refractivity contribution in [3.8, 4) is 0 Å². The van der Waals surface area contributed by atoms with E-state index in [-0.39, 0.29) is 0 Å². The second-order valence-corrected chi connectivity index (χ2v) is 4.81. The van der Waals surface area contributed by atoms with Gasteiger partial charge in [0, 0.05) is 19.0 Å². The van der Waals surface area contributed by atoms with Crippen molar-refractivity contribution in [2.24, 2.45) is 22.6 Å². The third kappa shape index (κ3) is 2.71. The number of aliphatic imine (C=N–C) groups is 1. The highest BCUT2D eigenvalue weighted by Gasteiger charge is 2.25. The number of piperidine rings is 1. The van der Waals surface area contributed by atoms with E-state index < -0.39 is 0 Å². The smallest absolute Gasteiger partial charge is 0.0968 e. The molecule has 2 N–H and O–H groups in total. The van der Waals surface area contributed by atoms with Crippen LogP contribution in [0.4, 0.5) is 0 Å². The summed E-state index contributed by atoms with van der Waals surface area (Å²) in [6.45, 7) is 3.40. The molecule has 0 radical (unpaired) electrons. The summed E-state index contributed by atoms with van der Waals surface area (Å²) in [5.41, 5.74) is 5.87. The van der Waals surface area contributed by atoms with Crippen LogP contribution >= 0.6 is 0 Å². The van der Waals surface area contributed by atoms with Crippen molar-refractivity contribution in [2.75, 3.05) is 26.7 Å². The van der Waals surface area contributed by atoms with E-state index in [1.165, 1.54) is 38.8 Å². The molecule has 14 heavy (non-hydrogen) atoms. The van der Waals surface area contributed by atoms with Crippen LogP contribution in [0.15, 0.2) is 4.99 Å². The number of nitrogens with two attached hydrogens (primary N) is 1. The molecule has 1 unspecified atom stereocenters. The maximum atomic E-state index is 5.87. The van der Waals surface area contributed by atoms with Gasteiger partial charge in [0.2, 0.25) is 0 Å². The Balaban J connectivity index is 1.75. The van der Waals surface area contributed by atoms with E-state index in [1.807, 2.05) is 0 Å². The van der Waals surface area contributed by atoms with Crippen molar-refractivity contribution in [1.82, 2.24) is 4.90 Å². The van der Waals surface area contributed by atoms with Gasteiger partial charge >= 0.3 is 0 Å². The molecule has 1 heterocycles. The van der Waals surface area contributed by atoms with Crippen LogP contribution in [0.5, 0.6) is 0 Å². The molecule has 2 fully saturated rings. The molecule has 1 aliphatic carbocycles. The summed E-state index contributed by atoms with van der Waals surface area (Å²) in [6, 6.07) is 0. The monoisotopic (exact) mass is 195 g/mol. The SMILES string of the molecule is CN1CCCC(CN=C(N)C2CC2)C1. The van der Waals surface area contributed by atoms with E-state index in [0.29, 0.717) is 5.92 Å². The van der Waals surface area contributed by atoms with Crippen molar-refractivity contribution in [2.45, 2.75) is 25.7 Å². The molecule has 0 spiro atoms. The molecule has 3 nitrogen and oxygen atoms in total. The third-order valence-corrected chi connectivity index (χ3v) is 3.25. The Hall–Kier alpha value is -0.570. The highest BCUT2D eigenvalue weighted by molar-refractivity contribution is 5.84. The van der Waals surface area contributed by atoms with Crippen LogP contribution in [0.2, 0.25) is 0 Å². The van der Waals surface area contributed by atoms with Crippen molar-refractivity contribution < 1.29 is 0 Å². The molecule has 2 rings (SSSR count). The number of nitrogens with zero attached hydrogens (tertiary/aromatic N) is 2. The molecule has 0 bridgehead atoms. The first-order valence-electron chi connectivity index (χ1n) is 5.74. The molecule has 3 heteroatoms. The van der Waals surface area contributed by atoms with Gasteiger partial charge in [0.15, 0.2) is 0 Å². The third-order valence-electron chi connectivity index (χ3n) is 3.25. The van der Waals surface area contributed by atoms with Gasteiger partial charge in [-0.25, -0.2) is 0 Å². The maximum absolute atomic E-state index is 5.87. The van der Waals surface area contributed by atoms with Crippen LogP contribution in [-0.4, -0.2) is 37.4 Å². The van der Waals surface area contributed by atoms with E-state index >= 15 is 0 Å². The average molecular weight is 195 g/mol. The molecule has 2 aliphatic rings. The molecule has 1 saturated heterocycles. The van der Waals surface area contributed by atoms with Gasteiger partial charge in [-0.15, -0.1) is 0 Å². The molecule has 0 amide bonds. The fourth-order valence-electron chi connectivity index (χ4n) is 2.16. The Kier molecular flexibility index (Phi) is 3.06. The molecule has 0 aromatic heterocycles. The summed E-state index contributed by atoms with van der Waals surface area (Å²) in [6.07, 6.45) is 5.17. The van der Waals surface area contributed by atoms with Gasteiger partial charge in [-0.2, -0.15) is 0 Å². The van der Waals surface area contributed by atoms with Crippen LogP contribution in [0.25, 0.3) is 0 Å². The summed E-state index contributed by atoms with van der Waals surface area (Å²) in [4.78, 5) is 6.91. The fourth-order valence-corrected chi connectivity index (χ4v) is 2.16. The van der Waals surface area contributed by atoms with Crippen LogP contribution < -0.4 is 5.73 Å². The maximum Gasteiger partial charge on any atom is 0.0968 e. The van der Waals surface area contributed by atoms with Gasteiger partial charge < -0.3 is 10.6 Å². The minimum absolute atomic E-state index is 0.635. The molecule has 80 valence electrons. The second kappa shape index (κ2) is 4.30. The first kappa shape index (κ1) is 9.97. The Morgan fingerprint density at radius 1 is 1.43 bits per heavy atom. The predicted molar refractivity (Wildman–Crippen MR) is 59.4 cm³/mol. The van der Waals surface area contributed by atoms with Crippen molar-refractivity contribution in [3.63, 3.8) is 0 Å². The zero-order valence-corrected chi connectivity index (χ0v) is 9.08. The number of rotatable bonds is 3. The van der Waals surface area contributed by atoms with Gasteiger partial charge in [0.1, 0.15) is 0 Å². The van der Waals surface area contributed by atoms with Crippen molar-refractivity contribution in [3.05, 3.63) is 0 Å². The predicted octanol–water partition coefficient (Wildman–Crippen LogP) is 1.10. The Labute approximate surface area is 86.4 Å². The molecular formula is C11H21N3. The number of amidine groups is 1. The molecule has 1 saturated carbocycles. The Morgan fingerprint density at radius 3 is 2.86 bits per heavy atom. The summed E-state index contributed by atoms with van der Waals surface area (Å²) >= 11 is 0. The largest absolute Gasteiger partial charge is 0.387 e. The minimum Gasteiger partial charge on any atom is -0.387 e. The topological polar surface area (TPSA) is 41.6 Å². The van der Waals surface area contributed by atoms with E-state index in [2.05, 4.69) is 16.9 Å². The summed E-state index contributed by atoms with van der Waals surface area (Å²) in [5, 5.41) is 0.